The van der Waals surface area contributed by atoms with Crippen molar-refractivity contribution in [3.63, 3.8) is 0 Å². The Bertz CT molecular complexity index is 1010. The zero-order valence-corrected chi connectivity index (χ0v) is 17.8. The maximum Gasteiger partial charge on any atom is 0.337 e. The van der Waals surface area contributed by atoms with Gasteiger partial charge < -0.3 is 35.4 Å². The molecule has 172 valence electrons. The van der Waals surface area contributed by atoms with E-state index in [1.165, 1.54) is 31.4 Å². The van der Waals surface area contributed by atoms with Gasteiger partial charge in [-0.2, -0.15) is 0 Å². The molecule has 8 nitrogen and oxygen atoms in total. The molecule has 2 aliphatic carbocycles. The molecule has 32 heavy (non-hydrogen) atoms. The molecule has 0 amide bonds. The van der Waals surface area contributed by atoms with Gasteiger partial charge in [-0.25, -0.2) is 4.79 Å². The summed E-state index contributed by atoms with van der Waals surface area (Å²) in [6, 6.07) is 12.8. The topological polar surface area (TPSA) is 148 Å². The lowest BCUT2D eigenvalue weighted by atomic mass is 9.30. The van der Waals surface area contributed by atoms with E-state index in [1.807, 2.05) is 19.1 Å². The molecule has 0 bridgehead atoms. The second-order valence-electron chi connectivity index (χ2n) is 8.68. The fraction of sp³-hybridized carbons (Fsp3) is 0.458. The van der Waals surface area contributed by atoms with E-state index in [0.29, 0.717) is 5.56 Å². The summed E-state index contributed by atoms with van der Waals surface area (Å²) in [5.74, 6) is -2.99. The van der Waals surface area contributed by atoms with Crippen LogP contribution in [0.15, 0.2) is 48.5 Å². The van der Waals surface area contributed by atoms with E-state index in [9.17, 15) is 35.4 Å². The van der Waals surface area contributed by atoms with Gasteiger partial charge in [0.05, 0.1) is 31.3 Å². The number of esters is 1. The lowest BCUT2D eigenvalue weighted by Gasteiger charge is -2.80. The smallest absolute Gasteiger partial charge is 0.337 e. The Morgan fingerprint density at radius 2 is 1.59 bits per heavy atom. The number of carbonyl (C=O) groups excluding carboxylic acids is 1. The van der Waals surface area contributed by atoms with Crippen molar-refractivity contribution in [3.8, 4) is 0 Å². The molecule has 6 N–H and O–H groups in total. The summed E-state index contributed by atoms with van der Waals surface area (Å²) in [5, 5.41) is 65.7. The molecule has 0 heterocycles. The second-order valence-corrected chi connectivity index (χ2v) is 8.68. The van der Waals surface area contributed by atoms with Gasteiger partial charge >= 0.3 is 5.97 Å². The lowest BCUT2D eigenvalue weighted by molar-refractivity contribution is -0.459. The van der Waals surface area contributed by atoms with Crippen LogP contribution in [0.2, 0.25) is 0 Å². The molecule has 3 unspecified atom stereocenters. The van der Waals surface area contributed by atoms with E-state index >= 15 is 0 Å². The van der Waals surface area contributed by atoms with Crippen LogP contribution in [-0.2, 0) is 11.2 Å². The van der Waals surface area contributed by atoms with Crippen LogP contribution in [0.4, 0.5) is 0 Å². The first-order chi connectivity index (χ1) is 15.1. The predicted octanol–water partition coefficient (Wildman–Crippen LogP) is -0.162. The first-order valence-electron chi connectivity index (χ1n) is 10.5. The van der Waals surface area contributed by atoms with Crippen molar-refractivity contribution in [2.75, 3.05) is 13.7 Å². The zero-order valence-electron chi connectivity index (χ0n) is 17.8. The number of aliphatic hydroxyl groups excluding tert-OH is 3. The molecule has 7 atom stereocenters. The monoisotopic (exact) mass is 444 g/mol. The molecule has 2 saturated carbocycles. The summed E-state index contributed by atoms with van der Waals surface area (Å²) in [7, 11) is 1.24. The molecular formula is C24H28O8. The predicted molar refractivity (Wildman–Crippen MR) is 113 cm³/mol. The van der Waals surface area contributed by atoms with Gasteiger partial charge in [0.2, 0.25) is 0 Å². The quantitative estimate of drug-likeness (QED) is 0.337. The minimum atomic E-state index is -2.36. The SMILES string of the molecule is CCc1ccc(C2C(O)[C@@]3(O)C(c4ccc(C(=O)OC)cc4)[C@@](O)([C@H](O)CO)[C@@]23O)cc1. The van der Waals surface area contributed by atoms with E-state index < -0.39 is 53.4 Å². The first kappa shape index (κ1) is 22.8. The maximum absolute atomic E-state index is 11.7. The number of carbonyl (C=O) groups is 1. The number of ether oxygens (including phenoxy) is 1. The highest BCUT2D eigenvalue weighted by Crippen LogP contribution is 2.75. The number of methoxy groups -OCH3 is 1. The summed E-state index contributed by atoms with van der Waals surface area (Å²) < 4.78 is 4.66. The minimum Gasteiger partial charge on any atom is -0.465 e. The van der Waals surface area contributed by atoms with Crippen molar-refractivity contribution in [2.45, 2.75) is 54.2 Å². The van der Waals surface area contributed by atoms with Crippen molar-refractivity contribution in [1.82, 2.24) is 0 Å². The van der Waals surface area contributed by atoms with Gasteiger partial charge in [0.25, 0.3) is 0 Å². The van der Waals surface area contributed by atoms with E-state index in [4.69, 9.17) is 0 Å². The third-order valence-corrected chi connectivity index (χ3v) is 7.41. The highest BCUT2D eigenvalue weighted by molar-refractivity contribution is 5.89. The van der Waals surface area contributed by atoms with Crippen molar-refractivity contribution >= 4 is 5.97 Å². The summed E-state index contributed by atoms with van der Waals surface area (Å²) in [4.78, 5) is 11.7. The molecule has 4 rings (SSSR count). The van der Waals surface area contributed by atoms with Crippen LogP contribution in [0.25, 0.3) is 0 Å². The van der Waals surface area contributed by atoms with Crippen LogP contribution in [0, 0.1) is 0 Å². The number of rotatable bonds is 6. The summed E-state index contributed by atoms with van der Waals surface area (Å²) in [6.07, 6.45) is -2.46. The normalized spacial score (nSPS) is 36.4. The maximum atomic E-state index is 11.7. The van der Waals surface area contributed by atoms with Crippen molar-refractivity contribution < 1.29 is 40.2 Å². The van der Waals surface area contributed by atoms with Gasteiger partial charge in [-0.3, -0.25) is 0 Å². The lowest BCUT2D eigenvalue weighted by Crippen LogP contribution is -2.99. The molecule has 2 aromatic rings. The molecule has 0 saturated heterocycles. The summed E-state index contributed by atoms with van der Waals surface area (Å²) >= 11 is 0. The first-order valence-corrected chi connectivity index (χ1v) is 10.5. The third kappa shape index (κ3) is 2.56. The average Bonchev–Trinajstić information content (AvgIpc) is 2.83. The van der Waals surface area contributed by atoms with E-state index in [1.54, 1.807) is 12.1 Å². The molecular weight excluding hydrogens is 416 g/mol. The molecule has 2 aliphatic rings. The molecule has 0 aliphatic heterocycles. The van der Waals surface area contributed by atoms with Crippen molar-refractivity contribution in [1.29, 1.82) is 0 Å². The van der Waals surface area contributed by atoms with Gasteiger partial charge in [0.15, 0.2) is 0 Å². The van der Waals surface area contributed by atoms with Gasteiger partial charge in [0.1, 0.15) is 22.9 Å². The largest absolute Gasteiger partial charge is 0.465 e. The van der Waals surface area contributed by atoms with Gasteiger partial charge in [-0.1, -0.05) is 43.3 Å². The summed E-state index contributed by atoms with van der Waals surface area (Å²) in [6.45, 7) is 1.11. The Labute approximate surface area is 185 Å². The molecule has 0 aromatic heterocycles. The number of benzene rings is 2. The number of hydrogen-bond donors (Lipinski definition) is 6. The molecule has 0 spiro atoms. The highest BCUT2D eigenvalue weighted by Gasteiger charge is 2.93. The number of aryl methyl sites for hydroxylation is 1. The number of aliphatic hydroxyl groups is 6. The van der Waals surface area contributed by atoms with Gasteiger partial charge in [-0.05, 0) is 35.2 Å². The molecule has 8 heteroatoms. The fourth-order valence-corrected chi connectivity index (χ4v) is 5.71. The average molecular weight is 444 g/mol. The Morgan fingerprint density at radius 1 is 1.03 bits per heavy atom. The minimum absolute atomic E-state index is 0.229. The highest BCUT2D eigenvalue weighted by atomic mass is 16.5. The van der Waals surface area contributed by atoms with Crippen LogP contribution in [0.3, 0.4) is 0 Å². The van der Waals surface area contributed by atoms with Crippen molar-refractivity contribution in [2.24, 2.45) is 0 Å². The Morgan fingerprint density at radius 3 is 2.09 bits per heavy atom. The second kappa shape index (κ2) is 7.62. The standard InChI is InChI=1S/C24H28O8/c1-3-13-4-6-14(7-5-13)18-20(27)23(30)19(22(29,17(26)12-25)24(18,23)31)15-8-10-16(11-9-15)21(28)32-2/h4-11,17-20,25-27,29-31H,3,12H2,1-2H3/t17-,18?,19?,20?,22+,23+,24+/m1/s1. The van der Waals surface area contributed by atoms with Crippen LogP contribution in [0.5, 0.6) is 0 Å². The summed E-state index contributed by atoms with van der Waals surface area (Å²) in [5.41, 5.74) is -4.83. The van der Waals surface area contributed by atoms with Crippen molar-refractivity contribution in [3.05, 3.63) is 70.8 Å². The number of hydrogen-bond acceptors (Lipinski definition) is 8. The van der Waals surface area contributed by atoms with Crippen LogP contribution >= 0.6 is 0 Å². The molecule has 2 fully saturated rings. The van der Waals surface area contributed by atoms with E-state index in [2.05, 4.69) is 4.74 Å². The third-order valence-electron chi connectivity index (χ3n) is 7.41. The van der Waals surface area contributed by atoms with Gasteiger partial charge in [-0.15, -0.1) is 0 Å². The Balaban J connectivity index is 1.78. The van der Waals surface area contributed by atoms with Crippen LogP contribution in [-0.4, -0.2) is 79.3 Å². The van der Waals surface area contributed by atoms with Crippen LogP contribution < -0.4 is 0 Å². The zero-order chi connectivity index (χ0) is 23.5. The fourth-order valence-electron chi connectivity index (χ4n) is 5.71. The number of fused-ring (bicyclic) bond motifs is 1. The van der Waals surface area contributed by atoms with E-state index in [-0.39, 0.29) is 11.1 Å². The van der Waals surface area contributed by atoms with E-state index in [0.717, 1.165) is 12.0 Å². The molecule has 2 aromatic carbocycles. The Hall–Kier alpha value is -2.33. The molecule has 0 radical (unpaired) electrons. The van der Waals surface area contributed by atoms with Crippen LogP contribution in [0.1, 0.15) is 45.8 Å². The van der Waals surface area contributed by atoms with Gasteiger partial charge in [0, 0.05) is 5.92 Å². The Kier molecular flexibility index (Phi) is 5.44.